The van der Waals surface area contributed by atoms with Crippen molar-refractivity contribution in [1.82, 2.24) is 15.0 Å². The molecular formula is C17H20N6O3. The van der Waals surface area contributed by atoms with Crippen LogP contribution in [0, 0.1) is 0 Å². The standard InChI is InChI=1S/C17H20N6O3/c1-2-26-16(25)9-3-5-10(6-4-9)20-8-7-11-12-13(18)21-17(19)23-14(12)22-15(11)24/h3-6,20,24H,2,7-8H2,1H3,(H5,18,19,21,22,23). The maximum absolute atomic E-state index is 11.6. The van der Waals surface area contributed by atoms with Crippen LogP contribution in [0.3, 0.4) is 0 Å². The van der Waals surface area contributed by atoms with Crippen molar-refractivity contribution in [2.24, 2.45) is 0 Å². The van der Waals surface area contributed by atoms with Crippen LogP contribution in [-0.2, 0) is 11.2 Å². The summed E-state index contributed by atoms with van der Waals surface area (Å²) in [4.78, 5) is 22.4. The number of anilines is 3. The highest BCUT2D eigenvalue weighted by molar-refractivity contribution is 5.92. The SMILES string of the molecule is CCOC(=O)c1ccc(NCCc2c(O)[nH]c3nc(N)nc(N)c23)cc1. The summed E-state index contributed by atoms with van der Waals surface area (Å²) in [5, 5.41) is 13.9. The monoisotopic (exact) mass is 356 g/mol. The number of hydrogen-bond donors (Lipinski definition) is 5. The molecule has 0 aliphatic rings. The molecule has 0 aliphatic carbocycles. The summed E-state index contributed by atoms with van der Waals surface area (Å²) in [5.74, 6) is -0.0935. The van der Waals surface area contributed by atoms with E-state index in [2.05, 4.69) is 20.3 Å². The number of rotatable bonds is 6. The van der Waals surface area contributed by atoms with E-state index in [9.17, 15) is 9.90 Å². The lowest BCUT2D eigenvalue weighted by molar-refractivity contribution is 0.0526. The van der Waals surface area contributed by atoms with Crippen molar-refractivity contribution in [3.05, 3.63) is 35.4 Å². The molecule has 9 nitrogen and oxygen atoms in total. The molecule has 26 heavy (non-hydrogen) atoms. The van der Waals surface area contributed by atoms with Gasteiger partial charge in [-0.05, 0) is 37.6 Å². The molecule has 1 aromatic carbocycles. The fourth-order valence-electron chi connectivity index (χ4n) is 2.70. The number of aromatic amines is 1. The van der Waals surface area contributed by atoms with E-state index in [0.717, 1.165) is 5.69 Å². The quantitative estimate of drug-likeness (QED) is 0.418. The first-order valence-corrected chi connectivity index (χ1v) is 8.13. The topological polar surface area (TPSA) is 152 Å². The summed E-state index contributed by atoms with van der Waals surface area (Å²) in [5.41, 5.74) is 13.8. The van der Waals surface area contributed by atoms with Gasteiger partial charge < -0.3 is 31.6 Å². The van der Waals surface area contributed by atoms with E-state index in [1.54, 1.807) is 31.2 Å². The fraction of sp³-hybridized carbons (Fsp3) is 0.235. The molecule has 3 aromatic rings. The number of nitrogens with one attached hydrogen (secondary N) is 2. The summed E-state index contributed by atoms with van der Waals surface area (Å²) in [6.45, 7) is 2.63. The zero-order chi connectivity index (χ0) is 18.7. The summed E-state index contributed by atoms with van der Waals surface area (Å²) in [6, 6.07) is 6.97. The van der Waals surface area contributed by atoms with Crippen molar-refractivity contribution in [2.75, 3.05) is 29.9 Å². The van der Waals surface area contributed by atoms with Gasteiger partial charge in [-0.3, -0.25) is 0 Å². The smallest absolute Gasteiger partial charge is 0.338 e. The highest BCUT2D eigenvalue weighted by atomic mass is 16.5. The Morgan fingerprint density at radius 2 is 2.00 bits per heavy atom. The van der Waals surface area contributed by atoms with Crippen molar-refractivity contribution in [3.63, 3.8) is 0 Å². The van der Waals surface area contributed by atoms with Crippen LogP contribution in [-0.4, -0.2) is 39.2 Å². The van der Waals surface area contributed by atoms with Crippen molar-refractivity contribution < 1.29 is 14.6 Å². The zero-order valence-corrected chi connectivity index (χ0v) is 14.2. The van der Waals surface area contributed by atoms with Crippen molar-refractivity contribution >= 4 is 34.5 Å². The number of carbonyl (C=O) groups is 1. The molecule has 2 heterocycles. The number of H-pyrrole nitrogens is 1. The van der Waals surface area contributed by atoms with E-state index in [1.807, 2.05) is 0 Å². The van der Waals surface area contributed by atoms with E-state index >= 15 is 0 Å². The van der Waals surface area contributed by atoms with Crippen molar-refractivity contribution in [2.45, 2.75) is 13.3 Å². The Bertz CT molecular complexity index is 936. The van der Waals surface area contributed by atoms with Gasteiger partial charge in [-0.1, -0.05) is 0 Å². The van der Waals surface area contributed by atoms with Crippen LogP contribution in [0.25, 0.3) is 11.0 Å². The lowest BCUT2D eigenvalue weighted by atomic mass is 10.1. The Labute approximate surface area is 149 Å². The van der Waals surface area contributed by atoms with Gasteiger partial charge in [0.1, 0.15) is 11.5 Å². The highest BCUT2D eigenvalue weighted by Crippen LogP contribution is 2.30. The maximum Gasteiger partial charge on any atom is 0.338 e. The van der Waals surface area contributed by atoms with E-state index in [1.165, 1.54) is 0 Å². The molecule has 136 valence electrons. The third kappa shape index (κ3) is 3.46. The molecule has 0 aliphatic heterocycles. The van der Waals surface area contributed by atoms with E-state index in [0.29, 0.717) is 41.7 Å². The van der Waals surface area contributed by atoms with E-state index in [4.69, 9.17) is 16.2 Å². The molecule has 3 rings (SSSR count). The Morgan fingerprint density at radius 1 is 1.27 bits per heavy atom. The number of aromatic nitrogens is 3. The lowest BCUT2D eigenvalue weighted by Crippen LogP contribution is -2.07. The van der Waals surface area contributed by atoms with Gasteiger partial charge in [0.2, 0.25) is 5.95 Å². The number of aromatic hydroxyl groups is 1. The minimum Gasteiger partial charge on any atom is -0.494 e. The van der Waals surface area contributed by atoms with Gasteiger partial charge >= 0.3 is 5.97 Å². The molecule has 7 N–H and O–H groups in total. The van der Waals surface area contributed by atoms with Crippen LogP contribution in [0.2, 0.25) is 0 Å². The summed E-state index contributed by atoms with van der Waals surface area (Å²) >= 11 is 0. The summed E-state index contributed by atoms with van der Waals surface area (Å²) < 4.78 is 4.95. The predicted octanol–water partition coefficient (Wildman–Crippen LogP) is 1.66. The Morgan fingerprint density at radius 3 is 2.69 bits per heavy atom. The summed E-state index contributed by atoms with van der Waals surface area (Å²) in [6.07, 6.45) is 0.489. The molecule has 2 aromatic heterocycles. The largest absolute Gasteiger partial charge is 0.494 e. The minimum atomic E-state index is -0.350. The average molecular weight is 356 g/mol. The second-order valence-corrected chi connectivity index (χ2v) is 5.62. The van der Waals surface area contributed by atoms with Gasteiger partial charge in [0, 0.05) is 17.8 Å². The first kappa shape index (κ1) is 17.3. The molecule has 0 unspecified atom stereocenters. The molecule has 0 saturated heterocycles. The lowest BCUT2D eigenvalue weighted by Gasteiger charge is -2.08. The van der Waals surface area contributed by atoms with E-state index < -0.39 is 0 Å². The molecule has 0 saturated carbocycles. The number of hydrogen-bond acceptors (Lipinski definition) is 8. The van der Waals surface area contributed by atoms with E-state index in [-0.39, 0.29) is 23.6 Å². The maximum atomic E-state index is 11.6. The van der Waals surface area contributed by atoms with Crippen LogP contribution in [0.1, 0.15) is 22.8 Å². The molecule has 0 spiro atoms. The van der Waals surface area contributed by atoms with Crippen LogP contribution in [0.4, 0.5) is 17.5 Å². The van der Waals surface area contributed by atoms with Gasteiger partial charge in [0.05, 0.1) is 17.6 Å². The van der Waals surface area contributed by atoms with Crippen LogP contribution >= 0.6 is 0 Å². The predicted molar refractivity (Wildman–Crippen MR) is 99.0 cm³/mol. The number of fused-ring (bicyclic) bond motifs is 1. The average Bonchev–Trinajstić information content (AvgIpc) is 2.91. The van der Waals surface area contributed by atoms with Gasteiger partial charge in [-0.15, -0.1) is 0 Å². The zero-order valence-electron chi connectivity index (χ0n) is 14.2. The van der Waals surface area contributed by atoms with Crippen LogP contribution in [0.5, 0.6) is 5.88 Å². The Kier molecular flexibility index (Phi) is 4.78. The van der Waals surface area contributed by atoms with Crippen molar-refractivity contribution in [1.29, 1.82) is 0 Å². The first-order chi connectivity index (χ1) is 12.5. The number of esters is 1. The molecule has 0 bridgehead atoms. The third-order valence-corrected chi connectivity index (χ3v) is 3.88. The van der Waals surface area contributed by atoms with Gasteiger partial charge in [-0.2, -0.15) is 9.97 Å². The third-order valence-electron chi connectivity index (χ3n) is 3.88. The number of ether oxygens (including phenoxy) is 1. The molecule has 0 fully saturated rings. The van der Waals surface area contributed by atoms with Crippen LogP contribution in [0.15, 0.2) is 24.3 Å². The molecule has 0 radical (unpaired) electrons. The number of benzene rings is 1. The minimum absolute atomic E-state index is 0.00828. The highest BCUT2D eigenvalue weighted by Gasteiger charge is 2.16. The van der Waals surface area contributed by atoms with Gasteiger partial charge in [-0.25, -0.2) is 4.79 Å². The molecular weight excluding hydrogens is 336 g/mol. The summed E-state index contributed by atoms with van der Waals surface area (Å²) in [7, 11) is 0. The van der Waals surface area contributed by atoms with Gasteiger partial charge in [0.15, 0.2) is 5.88 Å². The number of nitrogens with zero attached hydrogens (tertiary/aromatic N) is 2. The Balaban J connectivity index is 1.68. The fourth-order valence-corrected chi connectivity index (χ4v) is 2.70. The Hall–Kier alpha value is -3.49. The molecule has 0 amide bonds. The molecule has 0 atom stereocenters. The number of carbonyl (C=O) groups excluding carboxylic acids is 1. The number of nitrogens with two attached hydrogens (primary N) is 2. The van der Waals surface area contributed by atoms with Crippen molar-refractivity contribution in [3.8, 4) is 5.88 Å². The second kappa shape index (κ2) is 7.18. The number of nitrogen functional groups attached to an aromatic ring is 2. The van der Waals surface area contributed by atoms with Crippen LogP contribution < -0.4 is 16.8 Å². The first-order valence-electron chi connectivity index (χ1n) is 8.13. The van der Waals surface area contributed by atoms with Gasteiger partial charge in [0.25, 0.3) is 0 Å². The molecule has 9 heteroatoms. The second-order valence-electron chi connectivity index (χ2n) is 5.62. The normalized spacial score (nSPS) is 10.8.